The van der Waals surface area contributed by atoms with Crippen LogP contribution >= 0.6 is 22.9 Å². The molecular formula is C22H22ClN3O6S. The molecule has 0 atom stereocenters. The maximum Gasteiger partial charge on any atom is 0.348 e. The lowest BCUT2D eigenvalue weighted by molar-refractivity contribution is 0.0527. The van der Waals surface area contributed by atoms with Crippen molar-refractivity contribution in [3.05, 3.63) is 63.2 Å². The van der Waals surface area contributed by atoms with Crippen molar-refractivity contribution >= 4 is 45.8 Å². The second kappa shape index (κ2) is 11.0. The fourth-order valence-corrected chi connectivity index (χ4v) is 4.14. The topological polar surface area (TPSA) is 109 Å². The number of carbonyl (C=O) groups excluding carboxylic acids is 3. The number of nitrogens with one attached hydrogen (secondary N) is 1. The Morgan fingerprint density at radius 3 is 2.48 bits per heavy atom. The van der Waals surface area contributed by atoms with Crippen LogP contribution in [-0.4, -0.2) is 40.8 Å². The van der Waals surface area contributed by atoms with Crippen molar-refractivity contribution in [3.63, 3.8) is 0 Å². The van der Waals surface area contributed by atoms with Gasteiger partial charge in [-0.05, 0) is 44.5 Å². The summed E-state index contributed by atoms with van der Waals surface area (Å²) in [4.78, 5) is 37.8. The van der Waals surface area contributed by atoms with Crippen LogP contribution in [-0.2, 0) is 16.2 Å². The molecule has 0 spiro atoms. The quantitative estimate of drug-likeness (QED) is 0.437. The van der Waals surface area contributed by atoms with Gasteiger partial charge < -0.3 is 19.5 Å². The summed E-state index contributed by atoms with van der Waals surface area (Å²) < 4.78 is 17.2. The average Bonchev–Trinajstić information content (AvgIpc) is 3.38. The summed E-state index contributed by atoms with van der Waals surface area (Å²) in [6, 6.07) is 8.50. The first-order valence-electron chi connectivity index (χ1n) is 10.0. The summed E-state index contributed by atoms with van der Waals surface area (Å²) in [6.45, 7) is 5.32. The Morgan fingerprint density at radius 1 is 1.09 bits per heavy atom. The third kappa shape index (κ3) is 5.71. The van der Waals surface area contributed by atoms with Crippen LogP contribution in [0.3, 0.4) is 0 Å². The first-order chi connectivity index (χ1) is 15.8. The lowest BCUT2D eigenvalue weighted by Gasteiger charge is -2.07. The van der Waals surface area contributed by atoms with Crippen molar-refractivity contribution < 1.29 is 28.6 Å². The number of amides is 1. The third-order valence-corrected chi connectivity index (χ3v) is 5.88. The van der Waals surface area contributed by atoms with E-state index in [1.165, 1.54) is 10.7 Å². The molecule has 0 saturated carbocycles. The second-order valence-corrected chi connectivity index (χ2v) is 8.03. The molecule has 1 aromatic carbocycles. The number of esters is 2. The van der Waals surface area contributed by atoms with Gasteiger partial charge in [-0.2, -0.15) is 5.10 Å². The number of aromatic nitrogens is 2. The molecule has 1 N–H and O–H groups in total. The molecule has 0 aliphatic rings. The smallest absolute Gasteiger partial charge is 0.348 e. The van der Waals surface area contributed by atoms with Gasteiger partial charge in [-0.3, -0.25) is 4.79 Å². The zero-order valence-electron chi connectivity index (χ0n) is 18.2. The number of para-hydroxylation sites is 1. The molecule has 2 aromatic heterocycles. The fraction of sp³-hybridized carbons (Fsp3) is 0.273. The van der Waals surface area contributed by atoms with E-state index in [1.54, 1.807) is 51.2 Å². The van der Waals surface area contributed by atoms with Crippen LogP contribution in [0.2, 0.25) is 5.02 Å². The first-order valence-corrected chi connectivity index (χ1v) is 11.2. The number of ether oxygens (including phenoxy) is 3. The third-order valence-electron chi connectivity index (χ3n) is 4.38. The molecule has 3 rings (SSSR count). The standard InChI is InChI=1S/C22H22ClN3O6S/c1-4-30-21(28)17-13(3)18(22(29)31-5-2)33-20(17)24-19(27)15-10-11-26(25-15)12-32-16-9-7-6-8-14(16)23/h6-11H,4-5,12H2,1-3H3,(H,24,27). The Kier molecular flexibility index (Phi) is 8.07. The van der Waals surface area contributed by atoms with Crippen molar-refractivity contribution in [2.45, 2.75) is 27.5 Å². The van der Waals surface area contributed by atoms with Crippen LogP contribution in [0.4, 0.5) is 5.00 Å². The molecule has 0 fully saturated rings. The second-order valence-electron chi connectivity index (χ2n) is 6.60. The molecule has 0 bridgehead atoms. The monoisotopic (exact) mass is 491 g/mol. The number of carbonyl (C=O) groups is 3. The maximum absolute atomic E-state index is 12.8. The zero-order valence-corrected chi connectivity index (χ0v) is 19.8. The van der Waals surface area contributed by atoms with E-state index in [0.717, 1.165) is 11.3 Å². The van der Waals surface area contributed by atoms with Gasteiger partial charge in [-0.25, -0.2) is 14.3 Å². The Hall–Kier alpha value is -3.37. The lowest BCUT2D eigenvalue weighted by Crippen LogP contribution is -2.16. The molecule has 0 radical (unpaired) electrons. The normalized spacial score (nSPS) is 10.5. The maximum atomic E-state index is 12.8. The van der Waals surface area contributed by atoms with Gasteiger partial charge in [-0.1, -0.05) is 23.7 Å². The van der Waals surface area contributed by atoms with Crippen LogP contribution in [0, 0.1) is 6.92 Å². The van der Waals surface area contributed by atoms with Crippen LogP contribution < -0.4 is 10.1 Å². The van der Waals surface area contributed by atoms with Crippen LogP contribution in [0.1, 0.15) is 49.9 Å². The van der Waals surface area contributed by atoms with E-state index in [-0.39, 0.29) is 41.1 Å². The molecule has 0 unspecified atom stereocenters. The summed E-state index contributed by atoms with van der Waals surface area (Å²) in [5.74, 6) is -1.29. The van der Waals surface area contributed by atoms with Crippen molar-refractivity contribution in [3.8, 4) is 5.75 Å². The minimum absolute atomic E-state index is 0.0379. The Balaban J connectivity index is 1.78. The van der Waals surface area contributed by atoms with E-state index >= 15 is 0 Å². The summed E-state index contributed by atoms with van der Waals surface area (Å²) in [6.07, 6.45) is 1.57. The summed E-state index contributed by atoms with van der Waals surface area (Å²) >= 11 is 7.01. The molecule has 0 aliphatic heterocycles. The highest BCUT2D eigenvalue weighted by Gasteiger charge is 2.27. The van der Waals surface area contributed by atoms with Gasteiger partial charge >= 0.3 is 11.9 Å². The Bertz CT molecular complexity index is 1170. The molecule has 9 nitrogen and oxygen atoms in total. The van der Waals surface area contributed by atoms with Gasteiger partial charge in [0.1, 0.15) is 15.6 Å². The number of thiophene rings is 1. The van der Waals surface area contributed by atoms with Gasteiger partial charge in [0.15, 0.2) is 12.4 Å². The van der Waals surface area contributed by atoms with Gasteiger partial charge in [0, 0.05) is 6.20 Å². The average molecular weight is 492 g/mol. The van der Waals surface area contributed by atoms with Crippen LogP contribution in [0.25, 0.3) is 0 Å². The van der Waals surface area contributed by atoms with Gasteiger partial charge in [0.25, 0.3) is 5.91 Å². The molecule has 0 saturated heterocycles. The van der Waals surface area contributed by atoms with E-state index in [4.69, 9.17) is 25.8 Å². The zero-order chi connectivity index (χ0) is 24.0. The largest absolute Gasteiger partial charge is 0.470 e. The molecule has 33 heavy (non-hydrogen) atoms. The summed E-state index contributed by atoms with van der Waals surface area (Å²) in [5, 5.41) is 7.48. The molecule has 11 heteroatoms. The van der Waals surface area contributed by atoms with E-state index in [2.05, 4.69) is 10.4 Å². The molecular weight excluding hydrogens is 470 g/mol. The predicted molar refractivity (Wildman–Crippen MR) is 123 cm³/mol. The summed E-state index contributed by atoms with van der Waals surface area (Å²) in [5.41, 5.74) is 0.585. The minimum atomic E-state index is -0.643. The number of halogens is 1. The molecule has 3 aromatic rings. The number of benzene rings is 1. The first kappa shape index (κ1) is 24.3. The number of rotatable bonds is 9. The fourth-order valence-electron chi connectivity index (χ4n) is 2.86. The predicted octanol–water partition coefficient (Wildman–Crippen LogP) is 4.55. The summed E-state index contributed by atoms with van der Waals surface area (Å²) in [7, 11) is 0. The number of nitrogens with zero attached hydrogens (tertiary/aromatic N) is 2. The number of anilines is 1. The Labute approximate surface area is 199 Å². The van der Waals surface area contributed by atoms with Crippen LogP contribution in [0.15, 0.2) is 36.5 Å². The van der Waals surface area contributed by atoms with Gasteiger partial charge in [-0.15, -0.1) is 11.3 Å². The molecule has 2 heterocycles. The highest BCUT2D eigenvalue weighted by molar-refractivity contribution is 7.18. The van der Waals surface area contributed by atoms with E-state index in [1.807, 2.05) is 0 Å². The Morgan fingerprint density at radius 2 is 1.79 bits per heavy atom. The number of hydrogen-bond acceptors (Lipinski definition) is 8. The number of hydrogen-bond donors (Lipinski definition) is 1. The van der Waals surface area contributed by atoms with Crippen molar-refractivity contribution in [2.24, 2.45) is 0 Å². The highest BCUT2D eigenvalue weighted by atomic mass is 35.5. The lowest BCUT2D eigenvalue weighted by atomic mass is 10.1. The van der Waals surface area contributed by atoms with Gasteiger partial charge in [0.05, 0.1) is 23.8 Å². The SMILES string of the molecule is CCOC(=O)c1sc(NC(=O)c2ccn(COc3ccccc3Cl)n2)c(C(=O)OCC)c1C. The van der Waals surface area contributed by atoms with Crippen LogP contribution in [0.5, 0.6) is 5.75 Å². The van der Waals surface area contributed by atoms with Crippen molar-refractivity contribution in [2.75, 3.05) is 18.5 Å². The van der Waals surface area contributed by atoms with Gasteiger partial charge in [0.2, 0.25) is 0 Å². The van der Waals surface area contributed by atoms with E-state index < -0.39 is 17.8 Å². The molecule has 1 amide bonds. The van der Waals surface area contributed by atoms with Crippen molar-refractivity contribution in [1.82, 2.24) is 9.78 Å². The molecule has 0 aliphatic carbocycles. The van der Waals surface area contributed by atoms with E-state index in [0.29, 0.717) is 16.3 Å². The molecule has 174 valence electrons. The van der Waals surface area contributed by atoms with E-state index in [9.17, 15) is 14.4 Å². The minimum Gasteiger partial charge on any atom is -0.470 e. The highest BCUT2D eigenvalue weighted by Crippen LogP contribution is 2.34. The van der Waals surface area contributed by atoms with Crippen molar-refractivity contribution in [1.29, 1.82) is 0 Å².